The zero-order chi connectivity index (χ0) is 29.5. The largest absolute Gasteiger partial charge is 0.475 e. The highest BCUT2D eigenvalue weighted by Crippen LogP contribution is 2.57. The molecule has 1 aromatic carbocycles. The molecule has 0 radical (unpaired) electrons. The molecule has 0 amide bonds. The smallest absolute Gasteiger partial charge is 0.455 e. The number of carbonyl (C=O) groups is 1. The minimum Gasteiger partial charge on any atom is -0.455 e. The first-order valence-corrected chi connectivity index (χ1v) is 14.8. The SMILES string of the molecule is CC(C)[C@H](N)C(=O)O[C@@H]1[C@@H](COP2(=O)OCCC(c3cccc(Cl)c3)O2)O[C@@H](n2cnc3c(N)ncnc32)[C@]1(C)O. The van der Waals surface area contributed by atoms with Crippen LogP contribution in [-0.4, -0.2) is 67.7 Å². The number of phosphoric ester groups is 1. The van der Waals surface area contributed by atoms with Crippen molar-refractivity contribution >= 4 is 42.4 Å². The lowest BCUT2D eigenvalue weighted by molar-refractivity contribution is -0.166. The number of aliphatic hydroxyl groups is 1. The average Bonchev–Trinajstić information content (AvgIpc) is 3.46. The van der Waals surface area contributed by atoms with Crippen molar-refractivity contribution < 1.29 is 37.5 Å². The molecule has 5 N–H and O–H groups in total. The van der Waals surface area contributed by atoms with E-state index >= 15 is 0 Å². The number of aromatic nitrogens is 4. The van der Waals surface area contributed by atoms with Gasteiger partial charge in [-0.3, -0.25) is 22.9 Å². The van der Waals surface area contributed by atoms with Crippen LogP contribution in [0.25, 0.3) is 11.2 Å². The zero-order valence-corrected chi connectivity index (χ0v) is 24.3. The van der Waals surface area contributed by atoms with Gasteiger partial charge < -0.3 is 26.0 Å². The van der Waals surface area contributed by atoms with Gasteiger partial charge in [0.15, 0.2) is 23.8 Å². The maximum atomic E-state index is 13.5. The summed E-state index contributed by atoms with van der Waals surface area (Å²) in [6, 6.07) is 6.03. The van der Waals surface area contributed by atoms with Crippen molar-refractivity contribution in [2.24, 2.45) is 11.7 Å². The van der Waals surface area contributed by atoms with Crippen molar-refractivity contribution in [1.29, 1.82) is 0 Å². The van der Waals surface area contributed by atoms with Gasteiger partial charge in [-0.2, -0.15) is 0 Å². The summed E-state index contributed by atoms with van der Waals surface area (Å²) in [5, 5.41) is 12.2. The normalized spacial score (nSPS) is 31.0. The van der Waals surface area contributed by atoms with Crippen molar-refractivity contribution in [2.45, 2.75) is 63.4 Å². The number of hydrogen-bond acceptors (Lipinski definition) is 13. The molecule has 0 bridgehead atoms. The standard InChI is InChI=1S/C25H32ClN6O8P/c1-13(2)18(27)23(33)39-20-17(10-37-41(35)36-8-7-16(40-41)14-5-4-6-15(26)9-14)38-24(25(20,3)34)32-12-31-19-21(28)29-11-30-22(19)32/h4-6,9,11-13,16-18,20,24,34H,7-8,10,27H2,1-3H3,(H2,28,29,30)/t16?,17-,18+,20-,24-,25-,41?/m1/s1. The van der Waals surface area contributed by atoms with Crippen LogP contribution >= 0.6 is 19.4 Å². The number of hydrogen-bond donors (Lipinski definition) is 3. The second-order valence-corrected chi connectivity index (χ2v) is 12.5. The summed E-state index contributed by atoms with van der Waals surface area (Å²) in [4.78, 5) is 25.3. The van der Waals surface area contributed by atoms with E-state index in [1.165, 1.54) is 24.1 Å². The van der Waals surface area contributed by atoms with Crippen LogP contribution in [0.2, 0.25) is 5.02 Å². The first-order chi connectivity index (χ1) is 19.4. The van der Waals surface area contributed by atoms with Crippen molar-refractivity contribution in [3.8, 4) is 0 Å². The first kappa shape index (κ1) is 29.8. The monoisotopic (exact) mass is 610 g/mol. The lowest BCUT2D eigenvalue weighted by atomic mass is 9.95. The van der Waals surface area contributed by atoms with E-state index in [-0.39, 0.29) is 24.0 Å². The Morgan fingerprint density at radius 2 is 2.12 bits per heavy atom. The molecular formula is C25H32ClN6O8P. The number of esters is 1. The van der Waals surface area contributed by atoms with Crippen molar-refractivity contribution in [3.63, 3.8) is 0 Å². The highest BCUT2D eigenvalue weighted by Gasteiger charge is 2.57. The van der Waals surface area contributed by atoms with E-state index < -0.39 is 56.6 Å². The number of nitrogens with zero attached hydrogens (tertiary/aromatic N) is 4. The molecule has 2 aromatic heterocycles. The number of imidazole rings is 1. The first-order valence-electron chi connectivity index (χ1n) is 13.0. The predicted octanol–water partition coefficient (Wildman–Crippen LogP) is 2.91. The van der Waals surface area contributed by atoms with Crippen molar-refractivity contribution in [1.82, 2.24) is 19.5 Å². The lowest BCUT2D eigenvalue weighted by Gasteiger charge is -2.32. The maximum Gasteiger partial charge on any atom is 0.475 e. The third-order valence-corrected chi connectivity index (χ3v) is 8.81. The molecule has 2 saturated heterocycles. The quantitative estimate of drug-likeness (QED) is 0.249. The van der Waals surface area contributed by atoms with Crippen LogP contribution in [0.3, 0.4) is 0 Å². The molecule has 222 valence electrons. The lowest BCUT2D eigenvalue weighted by Crippen LogP contribution is -2.50. The Kier molecular flexibility index (Phi) is 8.39. The third-order valence-electron chi connectivity index (χ3n) is 7.09. The van der Waals surface area contributed by atoms with Gasteiger partial charge in [0.1, 0.15) is 29.6 Å². The number of carbonyl (C=O) groups excluding carboxylic acids is 1. The number of nitrogen functional groups attached to an aromatic ring is 1. The zero-order valence-electron chi connectivity index (χ0n) is 22.6. The molecule has 3 aromatic rings. The maximum absolute atomic E-state index is 13.5. The van der Waals surface area contributed by atoms with Gasteiger partial charge >= 0.3 is 13.8 Å². The molecule has 41 heavy (non-hydrogen) atoms. The topological polar surface area (TPSA) is 196 Å². The molecule has 16 heteroatoms. The van der Waals surface area contributed by atoms with E-state index in [0.717, 1.165) is 0 Å². The van der Waals surface area contributed by atoms with E-state index in [4.69, 9.17) is 46.1 Å². The van der Waals surface area contributed by atoms with E-state index in [1.54, 1.807) is 38.1 Å². The number of halogens is 1. The summed E-state index contributed by atoms with van der Waals surface area (Å²) in [5.74, 6) is -0.851. The number of phosphoric acid groups is 1. The molecule has 0 saturated carbocycles. The Bertz CT molecular complexity index is 1470. The third kappa shape index (κ3) is 5.97. The van der Waals surface area contributed by atoms with Gasteiger partial charge in [0.05, 0.1) is 25.6 Å². The van der Waals surface area contributed by atoms with E-state index in [2.05, 4.69) is 15.0 Å². The highest BCUT2D eigenvalue weighted by molar-refractivity contribution is 7.48. The van der Waals surface area contributed by atoms with E-state index in [1.807, 2.05) is 0 Å². The van der Waals surface area contributed by atoms with E-state index in [9.17, 15) is 14.5 Å². The molecule has 4 heterocycles. The summed E-state index contributed by atoms with van der Waals surface area (Å²) >= 11 is 6.11. The number of benzene rings is 1. The minimum absolute atomic E-state index is 0.101. The molecular weight excluding hydrogens is 579 g/mol. The fourth-order valence-corrected chi connectivity index (χ4v) is 6.35. The van der Waals surface area contributed by atoms with Crippen LogP contribution in [-0.2, 0) is 32.4 Å². The number of rotatable bonds is 8. The Morgan fingerprint density at radius 1 is 1.34 bits per heavy atom. The van der Waals surface area contributed by atoms with Crippen LogP contribution in [0.1, 0.15) is 45.1 Å². The van der Waals surface area contributed by atoms with Gasteiger partial charge in [-0.25, -0.2) is 19.5 Å². The summed E-state index contributed by atoms with van der Waals surface area (Å²) in [6.07, 6.45) is -1.14. The Labute approximate surface area is 240 Å². The second-order valence-electron chi connectivity index (χ2n) is 10.5. The molecule has 7 atom stereocenters. The van der Waals surface area contributed by atoms with Crippen molar-refractivity contribution in [2.75, 3.05) is 18.9 Å². The number of nitrogens with two attached hydrogens (primary N) is 2. The fourth-order valence-electron chi connectivity index (χ4n) is 4.76. The fraction of sp³-hybridized carbons (Fsp3) is 0.520. The number of ether oxygens (including phenoxy) is 2. The van der Waals surface area contributed by atoms with Crippen LogP contribution in [0.5, 0.6) is 0 Å². The average molecular weight is 611 g/mol. The van der Waals surface area contributed by atoms with Gasteiger partial charge in [0.2, 0.25) is 0 Å². The van der Waals surface area contributed by atoms with Crippen LogP contribution in [0.4, 0.5) is 5.82 Å². The summed E-state index contributed by atoms with van der Waals surface area (Å²) in [5.41, 5.74) is 11.4. The van der Waals surface area contributed by atoms with Crippen molar-refractivity contribution in [3.05, 3.63) is 47.5 Å². The number of fused-ring (bicyclic) bond motifs is 1. The Balaban J connectivity index is 1.40. The molecule has 0 aliphatic carbocycles. The summed E-state index contributed by atoms with van der Waals surface area (Å²) in [7, 11) is -4.09. The van der Waals surface area contributed by atoms with Gasteiger partial charge in [-0.15, -0.1) is 0 Å². The Morgan fingerprint density at radius 3 is 2.85 bits per heavy atom. The molecule has 2 unspecified atom stereocenters. The molecule has 5 rings (SSSR count). The van der Waals surface area contributed by atoms with Gasteiger partial charge in [0.25, 0.3) is 0 Å². The predicted molar refractivity (Wildman–Crippen MR) is 146 cm³/mol. The highest BCUT2D eigenvalue weighted by atomic mass is 35.5. The van der Waals surface area contributed by atoms with Gasteiger partial charge in [0, 0.05) is 11.4 Å². The molecule has 2 aliphatic heterocycles. The van der Waals surface area contributed by atoms with E-state index in [0.29, 0.717) is 22.5 Å². The van der Waals surface area contributed by atoms with Gasteiger partial charge in [-0.1, -0.05) is 37.6 Å². The van der Waals surface area contributed by atoms with Crippen LogP contribution in [0, 0.1) is 5.92 Å². The van der Waals surface area contributed by atoms with Crippen LogP contribution in [0.15, 0.2) is 36.9 Å². The molecule has 2 aliphatic rings. The van der Waals surface area contributed by atoms with Crippen LogP contribution < -0.4 is 11.5 Å². The van der Waals surface area contributed by atoms with Gasteiger partial charge in [-0.05, 0) is 30.5 Å². The molecule has 2 fully saturated rings. The molecule has 14 nitrogen and oxygen atoms in total. The molecule has 0 spiro atoms. The number of anilines is 1. The minimum atomic E-state index is -4.09. The summed E-state index contributed by atoms with van der Waals surface area (Å²) < 4.78 is 43.6. The Hall–Kier alpha value is -2.68. The second kappa shape index (κ2) is 11.5. The summed E-state index contributed by atoms with van der Waals surface area (Å²) in [6.45, 7) is 4.63.